The summed E-state index contributed by atoms with van der Waals surface area (Å²) in [6.45, 7) is 3.55. The maximum atomic E-state index is 11.3. The lowest BCUT2D eigenvalue weighted by Gasteiger charge is -2.27. The van der Waals surface area contributed by atoms with E-state index in [1.165, 1.54) is 7.11 Å². The number of hydrogen-bond acceptors (Lipinski definition) is 5. The molecule has 5 nitrogen and oxygen atoms in total. The molecular formula is C15H24N2O3. The number of ether oxygens (including phenoxy) is 1. The quantitative estimate of drug-likeness (QED) is 0.726. The molecule has 0 saturated carbocycles. The Bertz CT molecular complexity index is 427. The molecule has 0 heterocycles. The number of rotatable bonds is 7. The van der Waals surface area contributed by atoms with Crippen LogP contribution in [0.15, 0.2) is 24.3 Å². The third-order valence-corrected chi connectivity index (χ3v) is 2.87. The highest BCUT2D eigenvalue weighted by molar-refractivity contribution is 5.89. The molecular weight excluding hydrogens is 256 g/mol. The summed E-state index contributed by atoms with van der Waals surface area (Å²) in [5.41, 5.74) is 0.823. The predicted octanol–water partition coefficient (Wildman–Crippen LogP) is 0.875. The van der Waals surface area contributed by atoms with Crippen LogP contribution in [0.2, 0.25) is 0 Å². The average Bonchev–Trinajstić information content (AvgIpc) is 2.37. The van der Waals surface area contributed by atoms with E-state index >= 15 is 0 Å². The molecule has 112 valence electrons. The highest BCUT2D eigenvalue weighted by atomic mass is 16.5. The highest BCUT2D eigenvalue weighted by Crippen LogP contribution is 2.07. The van der Waals surface area contributed by atoms with Gasteiger partial charge in [-0.25, -0.2) is 4.79 Å². The summed E-state index contributed by atoms with van der Waals surface area (Å²) in [6, 6.07) is 7.22. The average molecular weight is 280 g/mol. The highest BCUT2D eigenvalue weighted by Gasteiger charge is 2.20. The van der Waals surface area contributed by atoms with Gasteiger partial charge < -0.3 is 20.1 Å². The number of likely N-dealkylation sites (N-methyl/N-ethyl adjacent to an activating group) is 1. The van der Waals surface area contributed by atoms with E-state index in [1.807, 2.05) is 31.1 Å². The molecule has 0 saturated heterocycles. The van der Waals surface area contributed by atoms with Gasteiger partial charge in [-0.1, -0.05) is 12.1 Å². The fourth-order valence-corrected chi connectivity index (χ4v) is 2.09. The maximum absolute atomic E-state index is 11.3. The van der Waals surface area contributed by atoms with Crippen molar-refractivity contribution in [1.82, 2.24) is 10.2 Å². The van der Waals surface area contributed by atoms with E-state index in [-0.39, 0.29) is 5.97 Å². The number of carbonyl (C=O) groups is 1. The van der Waals surface area contributed by atoms with Crippen molar-refractivity contribution in [3.63, 3.8) is 0 Å². The third-order valence-electron chi connectivity index (χ3n) is 2.87. The molecule has 0 amide bonds. The first-order valence-electron chi connectivity index (χ1n) is 6.59. The van der Waals surface area contributed by atoms with Crippen molar-refractivity contribution in [2.24, 2.45) is 0 Å². The molecule has 20 heavy (non-hydrogen) atoms. The van der Waals surface area contributed by atoms with Gasteiger partial charge in [0.1, 0.15) is 0 Å². The molecule has 5 heteroatoms. The van der Waals surface area contributed by atoms with Crippen LogP contribution >= 0.6 is 0 Å². The Morgan fingerprint density at radius 2 is 1.95 bits per heavy atom. The Morgan fingerprint density at radius 3 is 2.45 bits per heavy atom. The first-order valence-corrected chi connectivity index (χ1v) is 6.59. The summed E-state index contributed by atoms with van der Waals surface area (Å²) in [4.78, 5) is 13.2. The minimum atomic E-state index is -0.768. The fourth-order valence-electron chi connectivity index (χ4n) is 2.09. The fraction of sp³-hybridized carbons (Fsp3) is 0.533. The molecule has 0 bridgehead atoms. The summed E-state index contributed by atoms with van der Waals surface area (Å²) in [5, 5.41) is 13.4. The lowest BCUT2D eigenvalue weighted by molar-refractivity contribution is 0.0336. The lowest BCUT2D eigenvalue weighted by Crippen LogP contribution is -2.45. The zero-order chi connectivity index (χ0) is 15.2. The van der Waals surface area contributed by atoms with E-state index in [4.69, 9.17) is 0 Å². The van der Waals surface area contributed by atoms with E-state index < -0.39 is 5.60 Å². The molecule has 1 unspecified atom stereocenters. The molecule has 1 aromatic rings. The maximum Gasteiger partial charge on any atom is 0.337 e. The minimum absolute atomic E-state index is 0.335. The van der Waals surface area contributed by atoms with Gasteiger partial charge in [-0.05, 0) is 38.7 Å². The van der Waals surface area contributed by atoms with Gasteiger partial charge >= 0.3 is 5.97 Å². The van der Waals surface area contributed by atoms with Crippen molar-refractivity contribution >= 4 is 5.97 Å². The van der Waals surface area contributed by atoms with Crippen molar-refractivity contribution in [3.05, 3.63) is 35.4 Å². The summed E-state index contributed by atoms with van der Waals surface area (Å²) < 4.78 is 4.65. The van der Waals surface area contributed by atoms with Gasteiger partial charge in [0, 0.05) is 19.6 Å². The SMILES string of the molecule is COC(=O)c1ccc(CNCC(C)(O)CN(C)C)cc1. The van der Waals surface area contributed by atoms with Gasteiger partial charge in [-0.3, -0.25) is 0 Å². The van der Waals surface area contributed by atoms with Gasteiger partial charge in [0.25, 0.3) is 0 Å². The predicted molar refractivity (Wildman–Crippen MR) is 78.7 cm³/mol. The molecule has 1 rings (SSSR count). The van der Waals surface area contributed by atoms with Crippen LogP contribution in [0, 0.1) is 0 Å². The van der Waals surface area contributed by atoms with Gasteiger partial charge in [-0.2, -0.15) is 0 Å². The second kappa shape index (κ2) is 7.38. The standard InChI is InChI=1S/C15H24N2O3/c1-15(19,11-17(2)3)10-16-9-12-5-7-13(8-6-12)14(18)20-4/h5-8,16,19H,9-11H2,1-4H3. The van der Waals surface area contributed by atoms with Crippen LogP contribution in [0.3, 0.4) is 0 Å². The van der Waals surface area contributed by atoms with Crippen LogP contribution in [0.4, 0.5) is 0 Å². The molecule has 0 fully saturated rings. The Labute approximate surface area is 120 Å². The molecule has 0 spiro atoms. The van der Waals surface area contributed by atoms with Crippen LogP contribution in [-0.2, 0) is 11.3 Å². The molecule has 2 N–H and O–H groups in total. The molecule has 1 atom stereocenters. The topological polar surface area (TPSA) is 61.8 Å². The van der Waals surface area contributed by atoms with E-state index in [9.17, 15) is 9.90 Å². The van der Waals surface area contributed by atoms with Crippen molar-refractivity contribution in [2.75, 3.05) is 34.3 Å². The summed E-state index contributed by atoms with van der Waals surface area (Å²) in [6.07, 6.45) is 0. The smallest absolute Gasteiger partial charge is 0.337 e. The Kier molecular flexibility index (Phi) is 6.13. The van der Waals surface area contributed by atoms with Crippen molar-refractivity contribution < 1.29 is 14.6 Å². The number of methoxy groups -OCH3 is 1. The summed E-state index contributed by atoms with van der Waals surface area (Å²) in [7, 11) is 5.23. The van der Waals surface area contributed by atoms with Crippen molar-refractivity contribution in [1.29, 1.82) is 0 Å². The van der Waals surface area contributed by atoms with Crippen LogP contribution in [0.25, 0.3) is 0 Å². The number of aliphatic hydroxyl groups is 1. The number of nitrogens with one attached hydrogen (secondary N) is 1. The molecule has 0 aromatic heterocycles. The Hall–Kier alpha value is -1.43. The number of hydrogen-bond donors (Lipinski definition) is 2. The van der Waals surface area contributed by atoms with Crippen LogP contribution < -0.4 is 5.32 Å². The van der Waals surface area contributed by atoms with E-state index in [0.29, 0.717) is 25.2 Å². The monoisotopic (exact) mass is 280 g/mol. The van der Waals surface area contributed by atoms with E-state index in [2.05, 4.69) is 10.1 Å². The minimum Gasteiger partial charge on any atom is -0.465 e. The van der Waals surface area contributed by atoms with Crippen LogP contribution in [0.1, 0.15) is 22.8 Å². The van der Waals surface area contributed by atoms with Gasteiger partial charge in [-0.15, -0.1) is 0 Å². The van der Waals surface area contributed by atoms with Crippen LogP contribution in [-0.4, -0.2) is 55.9 Å². The van der Waals surface area contributed by atoms with Gasteiger partial charge in [0.15, 0.2) is 0 Å². The molecule has 0 aliphatic carbocycles. The molecule has 1 aromatic carbocycles. The first-order chi connectivity index (χ1) is 9.34. The number of nitrogens with zero attached hydrogens (tertiary/aromatic N) is 1. The van der Waals surface area contributed by atoms with Gasteiger partial charge in [0.05, 0.1) is 18.3 Å². The van der Waals surface area contributed by atoms with Gasteiger partial charge in [0.2, 0.25) is 0 Å². The Morgan fingerprint density at radius 1 is 1.35 bits per heavy atom. The van der Waals surface area contributed by atoms with Crippen LogP contribution in [0.5, 0.6) is 0 Å². The first kappa shape index (κ1) is 16.6. The number of benzene rings is 1. The van der Waals surface area contributed by atoms with E-state index in [0.717, 1.165) is 5.56 Å². The number of esters is 1. The lowest BCUT2D eigenvalue weighted by atomic mass is 10.1. The molecule has 0 aliphatic rings. The zero-order valence-corrected chi connectivity index (χ0v) is 12.6. The summed E-state index contributed by atoms with van der Waals surface area (Å²) >= 11 is 0. The molecule has 0 radical (unpaired) electrons. The van der Waals surface area contributed by atoms with Crippen molar-refractivity contribution in [2.45, 2.75) is 19.1 Å². The Balaban J connectivity index is 2.44. The second-order valence-electron chi connectivity index (χ2n) is 5.53. The normalized spacial score (nSPS) is 14.1. The molecule has 0 aliphatic heterocycles. The summed E-state index contributed by atoms with van der Waals surface area (Å²) in [5.74, 6) is -0.335. The largest absolute Gasteiger partial charge is 0.465 e. The van der Waals surface area contributed by atoms with E-state index in [1.54, 1.807) is 19.1 Å². The third kappa shape index (κ3) is 5.69. The zero-order valence-electron chi connectivity index (χ0n) is 12.6. The number of carbonyl (C=O) groups excluding carboxylic acids is 1. The second-order valence-corrected chi connectivity index (χ2v) is 5.53. The van der Waals surface area contributed by atoms with Crippen molar-refractivity contribution in [3.8, 4) is 0 Å².